The molecule has 6 fully saturated rings. The molecule has 0 aromatic heterocycles. The van der Waals surface area contributed by atoms with Crippen LogP contribution in [0.2, 0.25) is 0 Å². The van der Waals surface area contributed by atoms with Gasteiger partial charge < -0.3 is 5.11 Å². The molecule has 0 unspecified atom stereocenters. The van der Waals surface area contributed by atoms with E-state index in [1.54, 1.807) is 0 Å². The van der Waals surface area contributed by atoms with E-state index in [-0.39, 0.29) is 34.9 Å². The molecule has 0 saturated heterocycles. The maximum Gasteiger partial charge on any atom is 0.264 e. The van der Waals surface area contributed by atoms with Crippen molar-refractivity contribution in [3.8, 4) is 12.1 Å². The van der Waals surface area contributed by atoms with Crippen LogP contribution in [-0.2, 0) is 14.3 Å². The third kappa shape index (κ3) is 2.32. The van der Waals surface area contributed by atoms with Crippen LogP contribution in [0, 0.1) is 44.3 Å². The molecule has 22 heavy (non-hydrogen) atoms. The highest BCUT2D eigenvalue weighted by molar-refractivity contribution is 7.85. The summed E-state index contributed by atoms with van der Waals surface area (Å²) < 4.78 is 26.1. The van der Waals surface area contributed by atoms with Crippen molar-refractivity contribution >= 4 is 10.1 Å². The first-order valence-electron chi connectivity index (χ1n) is 7.41. The molecule has 120 valence electrons. The van der Waals surface area contributed by atoms with Gasteiger partial charge in [-0.05, 0) is 49.4 Å². The quantitative estimate of drug-likeness (QED) is 0.781. The Hall–Kier alpha value is -1.15. The topological polar surface area (TPSA) is 111 Å². The third-order valence-corrected chi connectivity index (χ3v) is 6.22. The summed E-state index contributed by atoms with van der Waals surface area (Å²) in [4.78, 5) is 0. The van der Waals surface area contributed by atoms with Gasteiger partial charge in [-0.2, -0.15) is 18.9 Å². The van der Waals surface area contributed by atoms with Crippen molar-refractivity contribution in [2.75, 3.05) is 19.5 Å². The van der Waals surface area contributed by atoms with Crippen LogP contribution in [0.1, 0.15) is 38.5 Å². The van der Waals surface area contributed by atoms with Crippen LogP contribution < -0.4 is 0 Å². The highest BCUT2D eigenvalue weighted by Gasteiger charge is 2.69. The summed E-state index contributed by atoms with van der Waals surface area (Å²) in [6, 6.07) is 4.55. The van der Waals surface area contributed by atoms with Crippen LogP contribution in [0.5, 0.6) is 0 Å². The van der Waals surface area contributed by atoms with Gasteiger partial charge in [0.05, 0.1) is 35.8 Å². The lowest BCUT2D eigenvalue weighted by Crippen LogP contribution is -2.63. The summed E-state index contributed by atoms with van der Waals surface area (Å²) in [5, 5.41) is 26.1. The maximum atomic E-state index is 10.7. The van der Waals surface area contributed by atoms with Gasteiger partial charge in [-0.3, -0.25) is 4.18 Å². The Labute approximate surface area is 130 Å². The van der Waals surface area contributed by atoms with Gasteiger partial charge in [0, 0.05) is 6.61 Å². The fraction of sp³-hybridized carbons (Fsp3) is 0.867. The van der Waals surface area contributed by atoms with E-state index in [9.17, 15) is 8.42 Å². The Balaban J connectivity index is 0.000000139. The molecule has 0 spiro atoms. The van der Waals surface area contributed by atoms with Crippen molar-refractivity contribution in [1.82, 2.24) is 0 Å². The number of nitrogens with zero attached hydrogens (tertiary/aromatic N) is 2. The van der Waals surface area contributed by atoms with E-state index in [0.29, 0.717) is 0 Å². The van der Waals surface area contributed by atoms with Gasteiger partial charge in [0.2, 0.25) is 0 Å². The molecule has 0 aliphatic heterocycles. The lowest BCUT2D eigenvalue weighted by Gasteiger charge is -2.66. The summed E-state index contributed by atoms with van der Waals surface area (Å²) in [6.07, 6.45) is 6.34. The molecule has 6 saturated carbocycles. The van der Waals surface area contributed by atoms with E-state index in [4.69, 9.17) is 19.8 Å². The van der Waals surface area contributed by atoms with Crippen LogP contribution >= 0.6 is 0 Å². The number of hydrogen-bond donors (Lipinski definition) is 1. The molecule has 6 nitrogen and oxygen atoms in total. The Morgan fingerprint density at radius 2 is 1.41 bits per heavy atom. The molecule has 7 heteroatoms. The molecular weight excluding hydrogens is 304 g/mol. The summed E-state index contributed by atoms with van der Waals surface area (Å²) in [5.41, 5.74) is 0.109. The van der Waals surface area contributed by atoms with Gasteiger partial charge in [-0.15, -0.1) is 0 Å². The van der Waals surface area contributed by atoms with Crippen molar-refractivity contribution in [3.05, 3.63) is 0 Å². The molecule has 6 aliphatic carbocycles. The Morgan fingerprint density at radius 1 is 1.00 bits per heavy atom. The highest BCUT2D eigenvalue weighted by Crippen LogP contribution is 2.73. The van der Waals surface area contributed by atoms with E-state index < -0.39 is 10.1 Å². The Bertz CT molecular complexity index is 646. The Morgan fingerprint density at radius 3 is 1.73 bits per heavy atom. The molecule has 0 atom stereocenters. The van der Waals surface area contributed by atoms with Crippen LogP contribution in [0.3, 0.4) is 0 Å². The van der Waals surface area contributed by atoms with Crippen molar-refractivity contribution < 1.29 is 17.7 Å². The second-order valence-corrected chi connectivity index (χ2v) is 9.61. The lowest BCUT2D eigenvalue weighted by atomic mass is 9.36. The van der Waals surface area contributed by atoms with Crippen LogP contribution in [0.15, 0.2) is 0 Å². The van der Waals surface area contributed by atoms with Gasteiger partial charge in [-0.1, -0.05) is 0 Å². The standard InChI is InChI=1S/C8H11NO3S.C7H9NO/c1-13(10,11)12-6-8-2-7(3-8,4-8)5-9;8-4-6-1-7(2-6,3-6)5-9/h2-4,6H2,1H3;9H,1-3,5H2. The Kier molecular flexibility index (Phi) is 3.18. The van der Waals surface area contributed by atoms with Gasteiger partial charge in [0.1, 0.15) is 0 Å². The average Bonchev–Trinajstić information content (AvgIpc) is 2.23. The van der Waals surface area contributed by atoms with E-state index in [1.807, 2.05) is 0 Å². The van der Waals surface area contributed by atoms with E-state index in [2.05, 4.69) is 12.1 Å². The van der Waals surface area contributed by atoms with Crippen LogP contribution in [-0.4, -0.2) is 33.0 Å². The maximum absolute atomic E-state index is 10.7. The minimum Gasteiger partial charge on any atom is -0.396 e. The van der Waals surface area contributed by atoms with Gasteiger partial charge in [0.15, 0.2) is 0 Å². The van der Waals surface area contributed by atoms with Crippen LogP contribution in [0.4, 0.5) is 0 Å². The minimum atomic E-state index is -3.32. The largest absolute Gasteiger partial charge is 0.396 e. The fourth-order valence-corrected chi connectivity index (χ4v) is 5.25. The molecule has 0 heterocycles. The zero-order chi connectivity index (χ0) is 16.3. The zero-order valence-corrected chi connectivity index (χ0v) is 13.4. The predicted molar refractivity (Wildman–Crippen MR) is 76.5 cm³/mol. The van der Waals surface area contributed by atoms with E-state index >= 15 is 0 Å². The predicted octanol–water partition coefficient (Wildman–Crippen LogP) is 1.33. The molecule has 0 aromatic carbocycles. The molecule has 1 N–H and O–H groups in total. The summed E-state index contributed by atoms with van der Waals surface area (Å²) in [5.74, 6) is 0. The molecule has 0 radical (unpaired) electrons. The number of aliphatic hydroxyl groups is 1. The van der Waals surface area contributed by atoms with Crippen molar-refractivity contribution in [2.24, 2.45) is 21.7 Å². The van der Waals surface area contributed by atoms with Gasteiger partial charge in [-0.25, -0.2) is 0 Å². The van der Waals surface area contributed by atoms with Gasteiger partial charge >= 0.3 is 0 Å². The molecule has 6 aliphatic rings. The number of nitriles is 2. The number of rotatable bonds is 4. The lowest BCUT2D eigenvalue weighted by molar-refractivity contribution is -0.186. The summed E-state index contributed by atoms with van der Waals surface area (Å²) in [7, 11) is -3.32. The smallest absolute Gasteiger partial charge is 0.264 e. The zero-order valence-electron chi connectivity index (χ0n) is 12.6. The number of aliphatic hydroxyl groups excluding tert-OH is 1. The summed E-state index contributed by atoms with van der Waals surface area (Å²) in [6.45, 7) is 0.547. The van der Waals surface area contributed by atoms with Crippen molar-refractivity contribution in [2.45, 2.75) is 38.5 Å². The molecule has 4 bridgehead atoms. The van der Waals surface area contributed by atoms with E-state index in [1.165, 1.54) is 0 Å². The first kappa shape index (κ1) is 15.7. The SMILES string of the molecule is CS(=O)(=O)OCC12CC(C#N)(C1)C2.N#CC12CC(CO)(C1)C2. The van der Waals surface area contributed by atoms with Gasteiger partial charge in [0.25, 0.3) is 10.1 Å². The second kappa shape index (κ2) is 4.44. The molecule has 0 amide bonds. The second-order valence-electron chi connectivity index (χ2n) is 7.97. The first-order chi connectivity index (χ1) is 10.1. The monoisotopic (exact) mass is 324 g/mol. The third-order valence-electron chi connectivity index (χ3n) is 5.67. The number of hydrogen-bond acceptors (Lipinski definition) is 6. The highest BCUT2D eigenvalue weighted by atomic mass is 32.2. The molecule has 6 rings (SSSR count). The van der Waals surface area contributed by atoms with Crippen molar-refractivity contribution in [3.63, 3.8) is 0 Å². The molecular formula is C15H20N2O4S. The first-order valence-corrected chi connectivity index (χ1v) is 9.23. The molecule has 0 aromatic rings. The van der Waals surface area contributed by atoms with E-state index in [0.717, 1.165) is 44.8 Å². The minimum absolute atomic E-state index is 0.0127. The average molecular weight is 324 g/mol. The fourth-order valence-electron chi connectivity index (χ4n) is 4.79. The normalized spacial score (nSPS) is 46.2. The van der Waals surface area contributed by atoms with Crippen LogP contribution in [0.25, 0.3) is 0 Å². The summed E-state index contributed by atoms with van der Waals surface area (Å²) >= 11 is 0. The van der Waals surface area contributed by atoms with Crippen molar-refractivity contribution in [1.29, 1.82) is 10.5 Å².